The van der Waals surface area contributed by atoms with Gasteiger partial charge in [0.1, 0.15) is 0 Å². The lowest BCUT2D eigenvalue weighted by molar-refractivity contribution is 0.639. The Labute approximate surface area is 477 Å². The van der Waals surface area contributed by atoms with Crippen LogP contribution < -0.4 is 9.80 Å². The van der Waals surface area contributed by atoms with Crippen molar-refractivity contribution in [1.82, 2.24) is 0 Å². The summed E-state index contributed by atoms with van der Waals surface area (Å²) >= 11 is 0. The van der Waals surface area contributed by atoms with E-state index in [-0.39, 0.29) is 48.2 Å². The maximum Gasteiger partial charge on any atom is 0.0917 e. The predicted octanol–water partition coefficient (Wildman–Crippen LogP) is 20.1. The van der Waals surface area contributed by atoms with Crippen molar-refractivity contribution in [3.63, 3.8) is 0 Å². The number of benzene rings is 8. The number of hydrogen-bond donors (Lipinski definition) is 0. The molecule has 2 unspecified atom stereocenters. The Hall–Kier alpha value is -6.09. The number of halogens is 1. The maximum absolute atomic E-state index is 2.94. The van der Waals surface area contributed by atoms with E-state index in [1.165, 1.54) is 133 Å². The van der Waals surface area contributed by atoms with E-state index in [4.69, 9.17) is 0 Å². The highest BCUT2D eigenvalue weighted by atomic mass is 35.5. The van der Waals surface area contributed by atoms with Crippen molar-refractivity contribution >= 4 is 34.6 Å². The monoisotopic (exact) mass is 1050 g/mol. The first-order valence-corrected chi connectivity index (χ1v) is 30.1. The highest BCUT2D eigenvalue weighted by Gasteiger charge is 2.50. The van der Waals surface area contributed by atoms with Crippen molar-refractivity contribution in [2.45, 2.75) is 184 Å². The lowest BCUT2D eigenvalue weighted by atomic mass is 9.81. The van der Waals surface area contributed by atoms with Gasteiger partial charge in [-0.1, -0.05) is 228 Å². The molecule has 406 valence electrons. The molecule has 1 aliphatic heterocycles. The summed E-state index contributed by atoms with van der Waals surface area (Å²) < 4.78 is 0. The van der Waals surface area contributed by atoms with Crippen LogP contribution in [0, 0.1) is 13.8 Å². The first-order valence-electron chi connectivity index (χ1n) is 30.1. The lowest BCUT2D eigenvalue weighted by Crippen LogP contribution is -2.31. The van der Waals surface area contributed by atoms with Gasteiger partial charge in [0.05, 0.1) is 18.8 Å². The van der Waals surface area contributed by atoms with Crippen LogP contribution in [0.2, 0.25) is 0 Å². The topological polar surface area (TPSA) is 6.48 Å². The molecule has 2 nitrogen and oxygen atoms in total. The minimum absolute atomic E-state index is 0. The molecule has 1 heterocycles. The first-order chi connectivity index (χ1) is 37.2. The molecule has 8 aromatic carbocycles. The van der Waals surface area contributed by atoms with Crippen molar-refractivity contribution in [3.05, 3.63) is 245 Å². The quantitative estimate of drug-likeness (QED) is 0.0845. The summed E-state index contributed by atoms with van der Waals surface area (Å²) in [4.78, 5) is 5.88. The summed E-state index contributed by atoms with van der Waals surface area (Å²) in [5.74, 6) is 0.651. The summed E-state index contributed by atoms with van der Waals surface area (Å²) in [6, 6.07) is 54.7. The van der Waals surface area contributed by atoms with Gasteiger partial charge in [-0.15, -0.1) is 12.4 Å². The number of rotatable bonds is 18. The fourth-order valence-corrected chi connectivity index (χ4v) is 13.8. The van der Waals surface area contributed by atoms with Gasteiger partial charge in [-0.25, -0.2) is 0 Å². The normalized spacial score (nSPS) is 16.3. The standard InChI is InChI=1S/C75H88N2.ClH/c1-15-52-33-53(16-2)38-61(37-52)48(11)67-29-46(9)30-68(49(12)62-39-54(17-3)34-55(18-4)40-62)72(67)76-45-77(75-66-28-24-26-60-25-23-27-65(71(60)66)74(75)76)73-69(50(13)63-41-56(19-5)35-57(20-6)42-63)31-47(10)32-70(73)51(14)64-43-58(21-7)36-59(22-8)44-64;/h23-44,48-51,74-75H,15-22,45H2,1-14H3;1H/t48-,49-,50-,51-,74?,75?;/m1./s1. The third-order valence-corrected chi connectivity index (χ3v) is 18.5. The van der Waals surface area contributed by atoms with Crippen molar-refractivity contribution < 1.29 is 0 Å². The van der Waals surface area contributed by atoms with E-state index >= 15 is 0 Å². The molecule has 10 rings (SSSR count). The van der Waals surface area contributed by atoms with Crippen LogP contribution >= 0.6 is 12.4 Å². The van der Waals surface area contributed by atoms with Crippen LogP contribution in [0.25, 0.3) is 10.8 Å². The average molecular weight is 1050 g/mol. The molecule has 8 aromatic rings. The second-order valence-electron chi connectivity index (χ2n) is 23.4. The molecular formula is C75H89ClN2. The molecule has 0 saturated carbocycles. The van der Waals surface area contributed by atoms with Gasteiger partial charge in [-0.3, -0.25) is 0 Å². The molecular weight excluding hydrogens is 964 g/mol. The second-order valence-corrected chi connectivity index (χ2v) is 23.4. The third-order valence-electron chi connectivity index (χ3n) is 18.5. The minimum Gasteiger partial charge on any atom is -0.344 e. The Kier molecular flexibility index (Phi) is 17.2. The SMILES string of the molecule is CCc1cc(CC)cc([C@@H](C)c2cc(C)cc([C@H](C)c3cc(CC)cc(CC)c3)c2N2CN(c3c([C@H](C)c4cc(CC)cc(CC)c4)cc(C)cc3[C@H](C)c3cc(CC)cc(CC)c3)C3c4cccc5cccc(c45)C32)c1.Cl. The van der Waals surface area contributed by atoms with Crippen molar-refractivity contribution in [1.29, 1.82) is 0 Å². The molecule has 2 aliphatic rings. The molecule has 0 amide bonds. The van der Waals surface area contributed by atoms with Crippen molar-refractivity contribution in [3.8, 4) is 0 Å². The summed E-state index contributed by atoms with van der Waals surface area (Å²) in [6.07, 6.45) is 8.22. The van der Waals surface area contributed by atoms with E-state index < -0.39 is 0 Å². The van der Waals surface area contributed by atoms with Gasteiger partial charge in [0, 0.05) is 35.0 Å². The first kappa shape index (κ1) is 56.6. The zero-order chi connectivity index (χ0) is 54.4. The molecule has 0 bridgehead atoms. The van der Waals surface area contributed by atoms with Gasteiger partial charge in [0.2, 0.25) is 0 Å². The number of fused-ring (bicyclic) bond motifs is 3. The molecule has 0 aromatic heterocycles. The smallest absolute Gasteiger partial charge is 0.0917 e. The predicted molar refractivity (Wildman–Crippen MR) is 340 cm³/mol. The minimum atomic E-state index is 0. The van der Waals surface area contributed by atoms with Crippen LogP contribution in [-0.2, 0) is 51.4 Å². The number of anilines is 2. The summed E-state index contributed by atoms with van der Waals surface area (Å²) in [7, 11) is 0. The van der Waals surface area contributed by atoms with Crippen molar-refractivity contribution in [2.75, 3.05) is 16.5 Å². The Morgan fingerprint density at radius 2 is 0.603 bits per heavy atom. The van der Waals surface area contributed by atoms with Crippen molar-refractivity contribution in [2.24, 2.45) is 0 Å². The number of aryl methyl sites for hydroxylation is 10. The molecule has 78 heavy (non-hydrogen) atoms. The van der Waals surface area contributed by atoms with Gasteiger partial charge in [-0.2, -0.15) is 0 Å². The van der Waals surface area contributed by atoms with E-state index in [2.05, 4.69) is 240 Å². The van der Waals surface area contributed by atoms with Crippen LogP contribution in [0.4, 0.5) is 11.4 Å². The Balaban J connectivity index is 0.00000740. The highest BCUT2D eigenvalue weighted by Crippen LogP contribution is 2.60. The third kappa shape index (κ3) is 10.5. The van der Waals surface area contributed by atoms with E-state index in [0.717, 1.165) is 58.0 Å². The largest absolute Gasteiger partial charge is 0.344 e. The zero-order valence-corrected chi connectivity index (χ0v) is 50.6. The van der Waals surface area contributed by atoms with Gasteiger partial charge in [-0.05, 0) is 176 Å². The molecule has 1 fully saturated rings. The van der Waals surface area contributed by atoms with Crippen LogP contribution in [0.5, 0.6) is 0 Å². The molecule has 1 aliphatic carbocycles. The van der Waals surface area contributed by atoms with E-state index in [9.17, 15) is 0 Å². The lowest BCUT2D eigenvalue weighted by Gasteiger charge is -2.35. The van der Waals surface area contributed by atoms with Crippen LogP contribution in [0.15, 0.2) is 133 Å². The van der Waals surface area contributed by atoms with Crippen LogP contribution in [0.3, 0.4) is 0 Å². The van der Waals surface area contributed by atoms with Crippen LogP contribution in [0.1, 0.15) is 230 Å². The molecule has 1 saturated heterocycles. The van der Waals surface area contributed by atoms with Gasteiger partial charge >= 0.3 is 0 Å². The summed E-state index contributed by atoms with van der Waals surface area (Å²) in [5, 5.41) is 2.77. The summed E-state index contributed by atoms with van der Waals surface area (Å²) in [6.45, 7) is 34.0. The zero-order valence-electron chi connectivity index (χ0n) is 49.8. The maximum atomic E-state index is 2.94. The molecule has 6 atom stereocenters. The molecule has 3 heteroatoms. The van der Waals surface area contributed by atoms with E-state index in [1.54, 1.807) is 0 Å². The molecule has 0 N–H and O–H groups in total. The van der Waals surface area contributed by atoms with Crippen LogP contribution in [-0.4, -0.2) is 6.67 Å². The highest BCUT2D eigenvalue weighted by molar-refractivity contribution is 5.95. The number of nitrogens with zero attached hydrogens (tertiary/aromatic N) is 2. The number of hydrogen-bond acceptors (Lipinski definition) is 2. The Morgan fingerprint density at radius 1 is 0.359 bits per heavy atom. The van der Waals surface area contributed by atoms with E-state index in [0.29, 0.717) is 0 Å². The fourth-order valence-electron chi connectivity index (χ4n) is 13.8. The second kappa shape index (κ2) is 23.7. The van der Waals surface area contributed by atoms with Gasteiger partial charge in [0.25, 0.3) is 0 Å². The summed E-state index contributed by atoms with van der Waals surface area (Å²) in [5.41, 5.74) is 31.3. The molecule has 0 radical (unpaired) electrons. The van der Waals surface area contributed by atoms with E-state index in [1.807, 2.05) is 0 Å². The van der Waals surface area contributed by atoms with Gasteiger partial charge < -0.3 is 9.80 Å². The van der Waals surface area contributed by atoms with Gasteiger partial charge in [0.15, 0.2) is 0 Å². The molecule has 0 spiro atoms. The Bertz CT molecular complexity index is 2990. The fraction of sp³-hybridized carbons (Fsp3) is 0.387. The Morgan fingerprint density at radius 3 is 0.833 bits per heavy atom. The average Bonchev–Trinajstić information content (AvgIpc) is 4.22.